The zero-order valence-electron chi connectivity index (χ0n) is 7.13. The second-order valence-electron chi connectivity index (χ2n) is 1.63. The van der Waals surface area contributed by atoms with Crippen LogP contribution in [0.2, 0.25) is 0 Å². The van der Waals surface area contributed by atoms with Crippen LogP contribution in [-0.2, 0) is 9.32 Å². The zero-order valence-corrected chi connectivity index (χ0v) is 9.44. The van der Waals surface area contributed by atoms with Gasteiger partial charge in [-0.25, -0.2) is 0 Å². The molecular weight excluding hydrogens is 201 g/mol. The van der Waals surface area contributed by atoms with Gasteiger partial charge in [0.2, 0.25) is 5.91 Å². The van der Waals surface area contributed by atoms with Crippen LogP contribution in [0.3, 0.4) is 0 Å². The third-order valence-corrected chi connectivity index (χ3v) is 2.02. The van der Waals surface area contributed by atoms with Gasteiger partial charge < -0.3 is 9.84 Å². The summed E-state index contributed by atoms with van der Waals surface area (Å²) in [7, 11) is 6.20. The number of likely N-dealkylation sites (N-methyl/N-ethyl adjacent to an activating group) is 1. The van der Waals surface area contributed by atoms with Gasteiger partial charge in [-0.1, -0.05) is 18.3 Å². The molecule has 0 aromatic heterocycles. The lowest BCUT2D eigenvalue weighted by molar-refractivity contribution is -0.122. The van der Waals surface area contributed by atoms with Crippen LogP contribution in [0.15, 0.2) is 0 Å². The highest BCUT2D eigenvalue weighted by Crippen LogP contribution is 2.20. The molecule has 0 aliphatic heterocycles. The first kappa shape index (κ1) is 9.77. The van der Waals surface area contributed by atoms with E-state index in [1.54, 1.807) is 0 Å². The first-order chi connectivity index (χ1) is 5.67. The van der Waals surface area contributed by atoms with Crippen molar-refractivity contribution in [1.82, 2.24) is 10.4 Å². The molecule has 0 rings (SSSR count). The number of hydrogen-bond donors (Lipinski definition) is 2. The topological polar surface area (TPSA) is 50.4 Å². The molecule has 66 valence electrons. The molecule has 0 aromatic rings. The quantitative estimate of drug-likeness (QED) is 0.628. The number of carbonyl (C=O) groups excluding carboxylic acids is 1. The minimum atomic E-state index is -0.877. The molecule has 2 N–H and O–H groups in total. The van der Waals surface area contributed by atoms with Crippen molar-refractivity contribution in [2.24, 2.45) is 0 Å². The molecule has 5 atom stereocenters. The van der Waals surface area contributed by atoms with Crippen LogP contribution >= 0.6 is 26.8 Å². The highest BCUT2D eigenvalue weighted by atomic mass is 32.0. The Balaban J connectivity index is 4.03. The molecule has 5 unspecified atom stereocenters. The van der Waals surface area contributed by atoms with Crippen molar-refractivity contribution in [2.45, 2.75) is 6.04 Å². The summed E-state index contributed by atoms with van der Waals surface area (Å²) in [6.07, 6.45) is 0. The molecule has 0 aromatic carbocycles. The van der Waals surface area contributed by atoms with E-state index in [0.29, 0.717) is 0 Å². The van der Waals surface area contributed by atoms with Crippen LogP contribution in [-0.4, -0.2) is 25.6 Å². The van der Waals surface area contributed by atoms with Crippen LogP contribution in [0.1, 0.15) is 1.37 Å². The summed E-state index contributed by atoms with van der Waals surface area (Å²) in [5, 5.41) is 5.06. The monoisotopic (exact) mass is 215 g/mol. The molecule has 0 aliphatic rings. The predicted octanol–water partition coefficient (Wildman–Crippen LogP) is -0.119. The lowest BCUT2D eigenvalue weighted by Crippen LogP contribution is -2.41. The van der Waals surface area contributed by atoms with E-state index in [1.165, 1.54) is 7.05 Å². The second-order valence-corrected chi connectivity index (χ2v) is 3.14. The molecule has 11 heavy (non-hydrogen) atoms. The van der Waals surface area contributed by atoms with Gasteiger partial charge in [0, 0.05) is 15.5 Å². The highest BCUT2D eigenvalue weighted by molar-refractivity contribution is 8.00. The van der Waals surface area contributed by atoms with E-state index in [0.717, 1.165) is 0 Å². The molecule has 0 fully saturated rings. The molecule has 4 nitrogen and oxygen atoms in total. The van der Waals surface area contributed by atoms with Gasteiger partial charge in [0.15, 0.2) is 0 Å². The molecule has 1 amide bonds. The molecular formula is C4H13N2O2P3. The summed E-state index contributed by atoms with van der Waals surface area (Å²) < 4.78 is 12.3. The van der Waals surface area contributed by atoms with Gasteiger partial charge in [0.1, 0.15) is 6.04 Å². The Kier molecular flexibility index (Phi) is 6.51. The van der Waals surface area contributed by atoms with Crippen LogP contribution in [0.25, 0.3) is 0 Å². The Morgan fingerprint density at radius 3 is 3.00 bits per heavy atom. The van der Waals surface area contributed by atoms with E-state index < -0.39 is 12.6 Å². The van der Waals surface area contributed by atoms with Gasteiger partial charge in [0.05, 0.1) is 7.95 Å². The maximum atomic E-state index is 11.1. The van der Waals surface area contributed by atoms with E-state index >= 15 is 0 Å². The SMILES string of the molecule is [2H]C(OPP)C(NP)C(=O)NC. The number of nitrogens with one attached hydrogen (secondary N) is 2. The summed E-state index contributed by atoms with van der Waals surface area (Å²) in [4.78, 5) is 11.1. The zero-order chi connectivity index (χ0) is 9.56. The summed E-state index contributed by atoms with van der Waals surface area (Å²) in [5.74, 6) is -0.256. The van der Waals surface area contributed by atoms with Gasteiger partial charge in [-0.2, -0.15) is 0 Å². The molecule has 0 spiro atoms. The molecule has 0 aliphatic carbocycles. The third-order valence-electron chi connectivity index (χ3n) is 0.981. The standard InChI is InChI=1S/C4H13N2O2P3/c1-5-4(7)3(6-9)2-8-11-10/h3,6,11H,2,9-10H2,1H3,(H,5,7)/i2D. The van der Waals surface area contributed by atoms with E-state index in [9.17, 15) is 4.79 Å². The molecule has 0 saturated carbocycles. The van der Waals surface area contributed by atoms with Crippen LogP contribution < -0.4 is 10.4 Å². The Labute approximate surface area is 74.2 Å². The Hall–Kier alpha value is 0.680. The van der Waals surface area contributed by atoms with E-state index in [-0.39, 0.29) is 14.4 Å². The normalized spacial score (nSPS) is 17.9. The van der Waals surface area contributed by atoms with E-state index in [1.807, 2.05) is 0 Å². The van der Waals surface area contributed by atoms with Gasteiger partial charge >= 0.3 is 0 Å². The van der Waals surface area contributed by atoms with Crippen molar-refractivity contribution >= 4 is 32.7 Å². The van der Waals surface area contributed by atoms with Gasteiger partial charge in [-0.3, -0.25) is 9.88 Å². The van der Waals surface area contributed by atoms with Crippen molar-refractivity contribution in [2.75, 3.05) is 13.6 Å². The lowest BCUT2D eigenvalue weighted by atomic mass is 10.3. The minimum Gasteiger partial charge on any atom is -0.358 e. The number of rotatable bonds is 5. The lowest BCUT2D eigenvalue weighted by Gasteiger charge is -2.12. The van der Waals surface area contributed by atoms with Crippen molar-refractivity contribution in [1.29, 1.82) is 0 Å². The van der Waals surface area contributed by atoms with Crippen molar-refractivity contribution in [3.63, 3.8) is 0 Å². The Bertz CT molecular complexity index is 150. The van der Waals surface area contributed by atoms with Crippen molar-refractivity contribution in [3.8, 4) is 0 Å². The summed E-state index contributed by atoms with van der Waals surface area (Å²) in [6.45, 7) is -0.877. The molecule has 0 bridgehead atoms. The molecule has 0 radical (unpaired) electrons. The minimum absolute atomic E-state index is 0.128. The fourth-order valence-electron chi connectivity index (χ4n) is 0.440. The first-order valence-corrected chi connectivity index (χ1v) is 6.18. The Morgan fingerprint density at radius 1 is 2.00 bits per heavy atom. The van der Waals surface area contributed by atoms with E-state index in [2.05, 4.69) is 28.7 Å². The average molecular weight is 215 g/mol. The number of carbonyl (C=O) groups is 1. The van der Waals surface area contributed by atoms with Crippen LogP contribution in [0.5, 0.6) is 0 Å². The molecule has 7 heteroatoms. The number of hydrogen-bond acceptors (Lipinski definition) is 3. The van der Waals surface area contributed by atoms with Gasteiger partial charge in [-0.15, -0.1) is 0 Å². The molecule has 0 heterocycles. The fourth-order valence-corrected chi connectivity index (χ4v) is 1.12. The predicted molar refractivity (Wildman–Crippen MR) is 54.7 cm³/mol. The highest BCUT2D eigenvalue weighted by Gasteiger charge is 2.13. The van der Waals surface area contributed by atoms with Crippen LogP contribution in [0, 0.1) is 0 Å². The fraction of sp³-hybridized carbons (Fsp3) is 0.750. The average Bonchev–Trinajstić information content (AvgIpc) is 2.06. The van der Waals surface area contributed by atoms with E-state index in [4.69, 9.17) is 5.89 Å². The number of amides is 1. The largest absolute Gasteiger partial charge is 0.358 e. The smallest absolute Gasteiger partial charge is 0.239 e. The van der Waals surface area contributed by atoms with Crippen molar-refractivity contribution in [3.05, 3.63) is 0 Å². The maximum Gasteiger partial charge on any atom is 0.239 e. The van der Waals surface area contributed by atoms with Crippen molar-refractivity contribution < 1.29 is 10.7 Å². The van der Waals surface area contributed by atoms with Gasteiger partial charge in [-0.05, 0) is 0 Å². The summed E-state index contributed by atoms with van der Waals surface area (Å²) >= 11 is 0. The Morgan fingerprint density at radius 2 is 2.64 bits per heavy atom. The van der Waals surface area contributed by atoms with Crippen LogP contribution in [0.4, 0.5) is 0 Å². The summed E-state index contributed by atoms with van der Waals surface area (Å²) in [5.41, 5.74) is 0. The summed E-state index contributed by atoms with van der Waals surface area (Å²) in [6, 6.07) is -0.645. The van der Waals surface area contributed by atoms with Gasteiger partial charge in [0.25, 0.3) is 0 Å². The molecule has 0 saturated heterocycles. The first-order valence-electron chi connectivity index (χ1n) is 3.46. The third kappa shape index (κ3) is 5.00. The second kappa shape index (κ2) is 7.34. The maximum absolute atomic E-state index is 11.1.